The Kier molecular flexibility index (Phi) is 7.89. The maximum Gasteiger partial charge on any atom is 0.277 e. The fraction of sp³-hybridized carbons (Fsp3) is 0.115. The molecule has 7 nitrogen and oxygen atoms in total. The Labute approximate surface area is 209 Å². The Morgan fingerprint density at radius 2 is 1.86 bits per heavy atom. The van der Waals surface area contributed by atoms with Crippen LogP contribution in [0.25, 0.3) is 10.9 Å². The first-order valence-corrected chi connectivity index (χ1v) is 11.4. The van der Waals surface area contributed by atoms with Crippen molar-refractivity contribution in [3.8, 4) is 17.2 Å². The molecule has 4 rings (SSSR count). The zero-order valence-corrected chi connectivity index (χ0v) is 20.3. The molecule has 0 aliphatic heterocycles. The second kappa shape index (κ2) is 11.4. The monoisotopic (exact) mass is 537 g/mol. The summed E-state index contributed by atoms with van der Waals surface area (Å²) >= 11 is 3.48. The van der Waals surface area contributed by atoms with Crippen molar-refractivity contribution in [2.45, 2.75) is 6.61 Å². The van der Waals surface area contributed by atoms with Crippen LogP contribution in [0.4, 0.5) is 4.39 Å². The number of carbonyl (C=O) groups is 1. The lowest BCUT2D eigenvalue weighted by molar-refractivity contribution is -0.123. The van der Waals surface area contributed by atoms with Crippen molar-refractivity contribution in [2.24, 2.45) is 5.10 Å². The van der Waals surface area contributed by atoms with Crippen LogP contribution in [0.5, 0.6) is 17.2 Å². The molecule has 0 unspecified atom stereocenters. The van der Waals surface area contributed by atoms with Gasteiger partial charge in [0.05, 0.1) is 13.3 Å². The summed E-state index contributed by atoms with van der Waals surface area (Å²) in [5.41, 5.74) is 4.61. The van der Waals surface area contributed by atoms with E-state index in [-0.39, 0.29) is 19.0 Å². The van der Waals surface area contributed by atoms with Crippen molar-refractivity contribution in [1.82, 2.24) is 10.4 Å². The van der Waals surface area contributed by atoms with Crippen LogP contribution in [-0.4, -0.2) is 30.8 Å². The molecular weight excluding hydrogens is 517 g/mol. The zero-order chi connectivity index (χ0) is 24.6. The van der Waals surface area contributed by atoms with Gasteiger partial charge in [0.2, 0.25) is 0 Å². The quantitative estimate of drug-likeness (QED) is 0.233. The van der Waals surface area contributed by atoms with Crippen molar-refractivity contribution < 1.29 is 23.4 Å². The third-order valence-corrected chi connectivity index (χ3v) is 5.62. The van der Waals surface area contributed by atoms with Gasteiger partial charge in [-0.1, -0.05) is 30.3 Å². The Balaban J connectivity index is 1.35. The molecule has 35 heavy (non-hydrogen) atoms. The molecule has 0 spiro atoms. The average Bonchev–Trinajstić information content (AvgIpc) is 2.88. The molecule has 4 aromatic rings. The van der Waals surface area contributed by atoms with E-state index in [0.29, 0.717) is 32.8 Å². The number of hydrazone groups is 1. The van der Waals surface area contributed by atoms with Gasteiger partial charge < -0.3 is 14.2 Å². The van der Waals surface area contributed by atoms with Crippen molar-refractivity contribution in [1.29, 1.82) is 0 Å². The molecular formula is C26H21BrFN3O4. The van der Waals surface area contributed by atoms with Gasteiger partial charge in [-0.3, -0.25) is 9.78 Å². The van der Waals surface area contributed by atoms with Crippen LogP contribution < -0.4 is 19.6 Å². The highest BCUT2D eigenvalue weighted by Gasteiger charge is 2.11. The summed E-state index contributed by atoms with van der Waals surface area (Å²) in [4.78, 5) is 16.5. The molecule has 0 bridgehead atoms. The molecule has 1 N–H and O–H groups in total. The summed E-state index contributed by atoms with van der Waals surface area (Å²) in [6.07, 6.45) is 3.15. The van der Waals surface area contributed by atoms with E-state index < -0.39 is 5.91 Å². The van der Waals surface area contributed by atoms with Gasteiger partial charge >= 0.3 is 0 Å². The fourth-order valence-electron chi connectivity index (χ4n) is 3.21. The predicted molar refractivity (Wildman–Crippen MR) is 134 cm³/mol. The van der Waals surface area contributed by atoms with Crippen molar-refractivity contribution >= 4 is 39.0 Å². The van der Waals surface area contributed by atoms with E-state index in [4.69, 9.17) is 14.2 Å². The van der Waals surface area contributed by atoms with Gasteiger partial charge in [0.1, 0.15) is 23.7 Å². The number of pyridine rings is 1. The molecule has 0 radical (unpaired) electrons. The summed E-state index contributed by atoms with van der Waals surface area (Å²) in [6, 6.07) is 18.8. The SMILES string of the molecule is COc1cc(/C=N/NC(=O)COc2cccc3cccnc23)c(Br)cc1OCc1ccc(F)cc1. The highest BCUT2D eigenvalue weighted by molar-refractivity contribution is 9.10. The van der Waals surface area contributed by atoms with Crippen LogP contribution in [-0.2, 0) is 11.4 Å². The number of fused-ring (bicyclic) bond motifs is 1. The van der Waals surface area contributed by atoms with Gasteiger partial charge in [0, 0.05) is 21.6 Å². The second-order valence-electron chi connectivity index (χ2n) is 7.35. The van der Waals surface area contributed by atoms with E-state index in [9.17, 15) is 9.18 Å². The number of ether oxygens (including phenoxy) is 3. The van der Waals surface area contributed by atoms with Crippen LogP contribution in [0.15, 0.2) is 82.5 Å². The standard InChI is InChI=1S/C26H21BrFN3O4/c1-33-23-12-19(21(27)13-24(23)34-15-17-7-9-20(28)10-8-17)14-30-31-25(32)16-35-22-6-2-4-18-5-3-11-29-26(18)22/h2-14H,15-16H2,1H3,(H,31,32)/b30-14+. The molecule has 0 aliphatic rings. The minimum atomic E-state index is -0.420. The summed E-state index contributed by atoms with van der Waals surface area (Å²) < 4.78 is 30.6. The van der Waals surface area contributed by atoms with Crippen molar-refractivity contribution in [2.75, 3.05) is 13.7 Å². The van der Waals surface area contributed by atoms with Gasteiger partial charge in [-0.05, 0) is 57.9 Å². The fourth-order valence-corrected chi connectivity index (χ4v) is 3.63. The molecule has 0 saturated heterocycles. The third kappa shape index (κ3) is 6.33. The maximum atomic E-state index is 13.1. The number of halogens is 2. The topological polar surface area (TPSA) is 82.0 Å². The number of rotatable bonds is 9. The maximum absolute atomic E-state index is 13.1. The number of nitrogens with zero attached hydrogens (tertiary/aromatic N) is 2. The van der Waals surface area contributed by atoms with E-state index in [1.165, 1.54) is 25.5 Å². The number of hydrogen-bond acceptors (Lipinski definition) is 6. The Morgan fingerprint density at radius 1 is 1.06 bits per heavy atom. The molecule has 1 aromatic heterocycles. The highest BCUT2D eigenvalue weighted by atomic mass is 79.9. The normalized spacial score (nSPS) is 10.9. The average molecular weight is 538 g/mol. The lowest BCUT2D eigenvalue weighted by Gasteiger charge is -2.13. The lowest BCUT2D eigenvalue weighted by Crippen LogP contribution is -2.24. The third-order valence-electron chi connectivity index (χ3n) is 4.94. The van der Waals surface area contributed by atoms with E-state index in [0.717, 1.165) is 10.9 Å². The second-order valence-corrected chi connectivity index (χ2v) is 8.21. The van der Waals surface area contributed by atoms with Crippen LogP contribution >= 0.6 is 15.9 Å². The number of nitrogens with one attached hydrogen (secondary N) is 1. The largest absolute Gasteiger partial charge is 0.493 e. The number of carbonyl (C=O) groups excluding carboxylic acids is 1. The van der Waals surface area contributed by atoms with Crippen molar-refractivity contribution in [3.63, 3.8) is 0 Å². The van der Waals surface area contributed by atoms with E-state index in [2.05, 4.69) is 31.4 Å². The zero-order valence-electron chi connectivity index (χ0n) is 18.7. The predicted octanol–water partition coefficient (Wildman–Crippen LogP) is 5.25. The summed E-state index contributed by atoms with van der Waals surface area (Å²) in [6.45, 7) is 0.0342. The molecule has 178 valence electrons. The first-order valence-electron chi connectivity index (χ1n) is 10.6. The molecule has 0 atom stereocenters. The number of aromatic nitrogens is 1. The highest BCUT2D eigenvalue weighted by Crippen LogP contribution is 2.33. The van der Waals surface area contributed by atoms with E-state index in [1.54, 1.807) is 36.5 Å². The van der Waals surface area contributed by atoms with Gasteiger partial charge in [-0.25, -0.2) is 9.82 Å². The smallest absolute Gasteiger partial charge is 0.277 e. The van der Waals surface area contributed by atoms with Crippen LogP contribution in [0.3, 0.4) is 0 Å². The molecule has 1 amide bonds. The Morgan fingerprint density at radius 3 is 2.66 bits per heavy atom. The summed E-state index contributed by atoms with van der Waals surface area (Å²) in [5.74, 6) is 0.779. The van der Waals surface area contributed by atoms with Crippen LogP contribution in [0.1, 0.15) is 11.1 Å². The van der Waals surface area contributed by atoms with Crippen LogP contribution in [0, 0.1) is 5.82 Å². The number of methoxy groups -OCH3 is 1. The first kappa shape index (κ1) is 24.2. The molecule has 0 saturated carbocycles. The van der Waals surface area contributed by atoms with Gasteiger partial charge in [0.15, 0.2) is 18.1 Å². The van der Waals surface area contributed by atoms with Crippen molar-refractivity contribution in [3.05, 3.63) is 94.3 Å². The van der Waals surface area contributed by atoms with E-state index in [1.807, 2.05) is 24.3 Å². The van der Waals surface area contributed by atoms with Crippen LogP contribution in [0.2, 0.25) is 0 Å². The van der Waals surface area contributed by atoms with E-state index >= 15 is 0 Å². The molecule has 0 fully saturated rings. The molecule has 1 heterocycles. The molecule has 0 aliphatic carbocycles. The Bertz CT molecular complexity index is 1360. The van der Waals surface area contributed by atoms with Gasteiger partial charge in [-0.2, -0.15) is 5.10 Å². The number of benzene rings is 3. The van der Waals surface area contributed by atoms with Gasteiger partial charge in [-0.15, -0.1) is 0 Å². The lowest BCUT2D eigenvalue weighted by atomic mass is 10.2. The molecule has 9 heteroatoms. The minimum Gasteiger partial charge on any atom is -0.493 e. The summed E-state index contributed by atoms with van der Waals surface area (Å²) in [7, 11) is 1.52. The molecule has 3 aromatic carbocycles. The Hall–Kier alpha value is -3.98. The van der Waals surface area contributed by atoms with Gasteiger partial charge in [0.25, 0.3) is 5.91 Å². The first-order chi connectivity index (χ1) is 17.0. The number of amides is 1. The number of para-hydroxylation sites is 1. The summed E-state index contributed by atoms with van der Waals surface area (Å²) in [5, 5.41) is 4.93. The minimum absolute atomic E-state index is 0.215. The number of hydrogen-bond donors (Lipinski definition) is 1.